The van der Waals surface area contributed by atoms with Crippen molar-refractivity contribution >= 4 is 33.0 Å². The summed E-state index contributed by atoms with van der Waals surface area (Å²) in [5.74, 6) is 0. The molecule has 0 atom stereocenters. The van der Waals surface area contributed by atoms with Gasteiger partial charge >= 0.3 is 0 Å². The zero-order chi connectivity index (χ0) is 13.9. The molecule has 100 valence electrons. The molecular formula is C13H13ClN2O2S. The lowest BCUT2D eigenvalue weighted by Gasteiger charge is -2.11. The highest BCUT2D eigenvalue weighted by Gasteiger charge is 2.17. The van der Waals surface area contributed by atoms with Crippen LogP contribution in [-0.4, -0.2) is 15.5 Å². The Hall–Kier alpha value is -1.72. The van der Waals surface area contributed by atoms with Crippen LogP contribution in [0, 0.1) is 0 Å². The predicted molar refractivity (Wildman–Crippen MR) is 78.2 cm³/mol. The fraction of sp³-hybridized carbons (Fsp3) is 0.0769. The second kappa shape index (κ2) is 5.50. The summed E-state index contributed by atoms with van der Waals surface area (Å²) in [6, 6.07) is 13.2. The summed E-state index contributed by atoms with van der Waals surface area (Å²) in [4.78, 5) is 0.201. The van der Waals surface area contributed by atoms with E-state index in [4.69, 9.17) is 11.6 Å². The van der Waals surface area contributed by atoms with Crippen LogP contribution < -0.4 is 10.0 Å². The van der Waals surface area contributed by atoms with Crippen LogP contribution in [0.1, 0.15) is 0 Å². The highest BCUT2D eigenvalue weighted by molar-refractivity contribution is 7.92. The zero-order valence-electron chi connectivity index (χ0n) is 10.2. The Morgan fingerprint density at radius 3 is 2.26 bits per heavy atom. The quantitative estimate of drug-likeness (QED) is 0.911. The van der Waals surface area contributed by atoms with Crippen LogP contribution in [0.3, 0.4) is 0 Å². The van der Waals surface area contributed by atoms with Crippen LogP contribution >= 0.6 is 11.6 Å². The monoisotopic (exact) mass is 296 g/mol. The Bertz CT molecular complexity index is 669. The van der Waals surface area contributed by atoms with Gasteiger partial charge in [-0.2, -0.15) is 0 Å². The maximum atomic E-state index is 12.3. The van der Waals surface area contributed by atoms with Gasteiger partial charge in [0.1, 0.15) is 4.90 Å². The summed E-state index contributed by atoms with van der Waals surface area (Å²) in [5, 5.41) is 3.41. The molecule has 0 fully saturated rings. The highest BCUT2D eigenvalue weighted by atomic mass is 35.5. The van der Waals surface area contributed by atoms with Crippen molar-refractivity contribution in [2.75, 3.05) is 17.1 Å². The van der Waals surface area contributed by atoms with Crippen molar-refractivity contribution in [1.29, 1.82) is 0 Å². The summed E-state index contributed by atoms with van der Waals surface area (Å²) in [5.41, 5.74) is 1.01. The number of halogens is 1. The number of rotatable bonds is 4. The molecule has 0 heterocycles. The van der Waals surface area contributed by atoms with Gasteiger partial charge in [0.2, 0.25) is 0 Å². The van der Waals surface area contributed by atoms with Gasteiger partial charge in [0.05, 0.1) is 5.69 Å². The van der Waals surface area contributed by atoms with Gasteiger partial charge in [0, 0.05) is 17.8 Å². The van der Waals surface area contributed by atoms with E-state index < -0.39 is 10.0 Å². The minimum absolute atomic E-state index is 0.201. The van der Waals surface area contributed by atoms with Crippen molar-refractivity contribution in [2.24, 2.45) is 0 Å². The predicted octanol–water partition coefficient (Wildman–Crippen LogP) is 3.18. The van der Waals surface area contributed by atoms with Crippen molar-refractivity contribution in [3.63, 3.8) is 0 Å². The number of hydrogen-bond acceptors (Lipinski definition) is 3. The molecule has 4 nitrogen and oxygen atoms in total. The van der Waals surface area contributed by atoms with E-state index in [1.165, 1.54) is 0 Å². The van der Waals surface area contributed by atoms with E-state index in [1.807, 2.05) is 0 Å². The van der Waals surface area contributed by atoms with Crippen LogP contribution in [0.2, 0.25) is 5.02 Å². The highest BCUT2D eigenvalue weighted by Crippen LogP contribution is 2.23. The van der Waals surface area contributed by atoms with Gasteiger partial charge < -0.3 is 5.32 Å². The maximum absolute atomic E-state index is 12.3. The van der Waals surface area contributed by atoms with E-state index in [2.05, 4.69) is 10.0 Å². The number of para-hydroxylation sites is 1. The molecule has 19 heavy (non-hydrogen) atoms. The first kappa shape index (κ1) is 13.7. The molecule has 0 aliphatic heterocycles. The summed E-state index contributed by atoms with van der Waals surface area (Å²) in [7, 11) is -1.95. The topological polar surface area (TPSA) is 58.2 Å². The van der Waals surface area contributed by atoms with Crippen molar-refractivity contribution < 1.29 is 8.42 Å². The third-order valence-electron chi connectivity index (χ3n) is 2.54. The molecule has 0 aromatic heterocycles. The summed E-state index contributed by atoms with van der Waals surface area (Å²) < 4.78 is 27.1. The van der Waals surface area contributed by atoms with Crippen molar-refractivity contribution in [2.45, 2.75) is 4.90 Å². The molecule has 0 radical (unpaired) electrons. The third-order valence-corrected chi connectivity index (χ3v) is 4.23. The molecule has 2 aromatic carbocycles. The maximum Gasteiger partial charge on any atom is 0.263 e. The lowest BCUT2D eigenvalue weighted by Crippen LogP contribution is -2.14. The lowest BCUT2D eigenvalue weighted by molar-refractivity contribution is 0.601. The van der Waals surface area contributed by atoms with Gasteiger partial charge in [-0.15, -0.1) is 0 Å². The first-order valence-electron chi connectivity index (χ1n) is 5.58. The van der Waals surface area contributed by atoms with Crippen LogP contribution in [-0.2, 0) is 10.0 Å². The standard InChI is InChI=1S/C13H13ClN2O2S/c1-15-12-4-2-3-5-13(12)19(17,18)16-11-8-6-10(14)7-9-11/h2-9,15-16H,1H3. The van der Waals surface area contributed by atoms with Gasteiger partial charge in [-0.1, -0.05) is 23.7 Å². The molecule has 0 aliphatic rings. The van der Waals surface area contributed by atoms with E-state index in [9.17, 15) is 8.42 Å². The zero-order valence-corrected chi connectivity index (χ0v) is 11.8. The number of nitrogens with one attached hydrogen (secondary N) is 2. The number of sulfonamides is 1. The molecule has 0 bridgehead atoms. The molecule has 6 heteroatoms. The summed E-state index contributed by atoms with van der Waals surface area (Å²) >= 11 is 5.76. The molecular weight excluding hydrogens is 284 g/mol. The summed E-state index contributed by atoms with van der Waals surface area (Å²) in [6.07, 6.45) is 0. The van der Waals surface area contributed by atoms with E-state index in [0.717, 1.165) is 0 Å². The first-order valence-corrected chi connectivity index (χ1v) is 7.44. The van der Waals surface area contributed by atoms with Gasteiger partial charge in [-0.05, 0) is 36.4 Å². The van der Waals surface area contributed by atoms with E-state index in [1.54, 1.807) is 55.6 Å². The SMILES string of the molecule is CNc1ccccc1S(=O)(=O)Nc1ccc(Cl)cc1. The second-order valence-electron chi connectivity index (χ2n) is 3.86. The molecule has 2 rings (SSSR count). The van der Waals surface area contributed by atoms with Crippen molar-refractivity contribution in [1.82, 2.24) is 0 Å². The van der Waals surface area contributed by atoms with Crippen LogP contribution in [0.25, 0.3) is 0 Å². The van der Waals surface area contributed by atoms with Crippen LogP contribution in [0.4, 0.5) is 11.4 Å². The Balaban J connectivity index is 2.35. The number of benzene rings is 2. The smallest absolute Gasteiger partial charge is 0.263 e. The Morgan fingerprint density at radius 1 is 1.00 bits per heavy atom. The van der Waals surface area contributed by atoms with Gasteiger partial charge in [-0.3, -0.25) is 4.72 Å². The minimum atomic E-state index is -3.62. The molecule has 0 saturated heterocycles. The van der Waals surface area contributed by atoms with Gasteiger partial charge in [-0.25, -0.2) is 8.42 Å². The Kier molecular flexibility index (Phi) is 3.97. The summed E-state index contributed by atoms with van der Waals surface area (Å²) in [6.45, 7) is 0. The van der Waals surface area contributed by atoms with Crippen LogP contribution in [0.15, 0.2) is 53.4 Å². The largest absolute Gasteiger partial charge is 0.387 e. The average molecular weight is 297 g/mol. The fourth-order valence-corrected chi connectivity index (χ4v) is 3.04. The lowest BCUT2D eigenvalue weighted by atomic mass is 10.3. The van der Waals surface area contributed by atoms with Crippen LogP contribution in [0.5, 0.6) is 0 Å². The van der Waals surface area contributed by atoms with Gasteiger partial charge in [0.25, 0.3) is 10.0 Å². The molecule has 0 amide bonds. The molecule has 0 spiro atoms. The molecule has 0 unspecified atom stereocenters. The van der Waals surface area contributed by atoms with E-state index >= 15 is 0 Å². The van der Waals surface area contributed by atoms with Crippen molar-refractivity contribution in [3.8, 4) is 0 Å². The van der Waals surface area contributed by atoms with E-state index in [-0.39, 0.29) is 4.90 Å². The molecule has 0 saturated carbocycles. The Labute approximate surface area is 117 Å². The molecule has 0 aliphatic carbocycles. The Morgan fingerprint density at radius 2 is 1.63 bits per heavy atom. The minimum Gasteiger partial charge on any atom is -0.387 e. The van der Waals surface area contributed by atoms with Gasteiger partial charge in [0.15, 0.2) is 0 Å². The number of hydrogen-bond donors (Lipinski definition) is 2. The molecule has 2 N–H and O–H groups in total. The first-order chi connectivity index (χ1) is 9.03. The normalized spacial score (nSPS) is 11.1. The van der Waals surface area contributed by atoms with E-state index in [0.29, 0.717) is 16.4 Å². The average Bonchev–Trinajstić information content (AvgIpc) is 2.41. The van der Waals surface area contributed by atoms with Crippen molar-refractivity contribution in [3.05, 3.63) is 53.6 Å². The fourth-order valence-electron chi connectivity index (χ4n) is 1.64. The number of anilines is 2. The molecule has 2 aromatic rings. The third kappa shape index (κ3) is 3.19. The second-order valence-corrected chi connectivity index (χ2v) is 5.95.